The van der Waals surface area contributed by atoms with Gasteiger partial charge in [0.25, 0.3) is 0 Å². The first kappa shape index (κ1) is 25.4. The van der Waals surface area contributed by atoms with E-state index in [-0.39, 0.29) is 17.7 Å². The summed E-state index contributed by atoms with van der Waals surface area (Å²) in [6.45, 7) is 11.7. The molecule has 1 saturated heterocycles. The average Bonchev–Trinajstić information content (AvgIpc) is 3.30. The van der Waals surface area contributed by atoms with Crippen molar-refractivity contribution in [2.75, 3.05) is 45.9 Å². The van der Waals surface area contributed by atoms with E-state index in [1.807, 2.05) is 0 Å². The molecule has 1 amide bonds. The van der Waals surface area contributed by atoms with Crippen molar-refractivity contribution < 1.29 is 17.9 Å². The maximum absolute atomic E-state index is 12.6. The molecule has 1 aliphatic heterocycles. The second-order valence-corrected chi connectivity index (χ2v) is 12.1. The number of nitrogens with one attached hydrogen (secondary N) is 2. The number of carbonyl (C=O) groups is 1. The second-order valence-electron chi connectivity index (χ2n) is 9.21. The van der Waals surface area contributed by atoms with Gasteiger partial charge in [-0.1, -0.05) is 31.6 Å². The largest absolute Gasteiger partial charge is 0.379 e. The monoisotopic (exact) mass is 483 g/mol. The van der Waals surface area contributed by atoms with Gasteiger partial charge in [0, 0.05) is 39.1 Å². The predicted octanol–water partition coefficient (Wildman–Crippen LogP) is 2.72. The maximum Gasteiger partial charge on any atom is 0.250 e. The van der Waals surface area contributed by atoms with Crippen molar-refractivity contribution in [1.29, 1.82) is 0 Å². The standard InChI is InChI=1S/C23H37N3O4S2/c1-17(2)21-14-19(15-22(27)24-6-7-26-8-10-30-11-9-26)18(3)13-20(21)16-25-32(28,29)23-5-4-12-31-23/h4-5,12-13,17,19-21,25H,6-11,14-16H2,1-3H3,(H,24,27). The van der Waals surface area contributed by atoms with Gasteiger partial charge in [-0.05, 0) is 48.5 Å². The topological polar surface area (TPSA) is 87.7 Å². The Balaban J connectivity index is 1.53. The third-order valence-corrected chi connectivity index (χ3v) is 9.46. The van der Waals surface area contributed by atoms with Crippen LogP contribution >= 0.6 is 11.3 Å². The van der Waals surface area contributed by atoms with Gasteiger partial charge in [-0.3, -0.25) is 9.69 Å². The fourth-order valence-corrected chi connectivity index (χ4v) is 6.79. The molecule has 0 spiro atoms. The number of hydrogen-bond donors (Lipinski definition) is 2. The van der Waals surface area contributed by atoms with E-state index in [1.54, 1.807) is 17.5 Å². The van der Waals surface area contributed by atoms with Gasteiger partial charge in [0.15, 0.2) is 0 Å². The number of thiophene rings is 1. The van der Waals surface area contributed by atoms with Crippen molar-refractivity contribution in [3.63, 3.8) is 0 Å². The first-order valence-corrected chi connectivity index (χ1v) is 13.9. The molecule has 1 aromatic rings. The molecule has 3 unspecified atom stereocenters. The number of morpholine rings is 1. The molecule has 2 aliphatic rings. The molecular weight excluding hydrogens is 446 g/mol. The van der Waals surface area contributed by atoms with Crippen molar-refractivity contribution in [2.45, 2.75) is 37.8 Å². The molecule has 2 heterocycles. The summed E-state index contributed by atoms with van der Waals surface area (Å²) in [5, 5.41) is 4.85. The zero-order valence-electron chi connectivity index (χ0n) is 19.4. The minimum absolute atomic E-state index is 0.0929. The van der Waals surface area contributed by atoms with E-state index >= 15 is 0 Å². The molecule has 32 heavy (non-hydrogen) atoms. The van der Waals surface area contributed by atoms with Crippen molar-refractivity contribution in [3.05, 3.63) is 29.2 Å². The van der Waals surface area contributed by atoms with Crippen LogP contribution in [0, 0.1) is 23.7 Å². The van der Waals surface area contributed by atoms with Gasteiger partial charge in [-0.25, -0.2) is 13.1 Å². The van der Waals surface area contributed by atoms with Gasteiger partial charge in [-0.15, -0.1) is 11.3 Å². The number of allylic oxidation sites excluding steroid dienone is 1. The van der Waals surface area contributed by atoms with Gasteiger partial charge in [0.05, 0.1) is 13.2 Å². The number of rotatable bonds is 10. The Kier molecular flexibility index (Phi) is 9.31. The lowest BCUT2D eigenvalue weighted by molar-refractivity contribution is -0.122. The van der Waals surface area contributed by atoms with Gasteiger partial charge in [0.2, 0.25) is 15.9 Å². The number of hydrogen-bond acceptors (Lipinski definition) is 6. The first-order valence-electron chi connectivity index (χ1n) is 11.5. The number of nitrogens with zero attached hydrogens (tertiary/aromatic N) is 1. The lowest BCUT2D eigenvalue weighted by atomic mass is 9.70. The third kappa shape index (κ3) is 7.12. The fraction of sp³-hybridized carbons (Fsp3) is 0.696. The predicted molar refractivity (Wildman–Crippen MR) is 128 cm³/mol. The Morgan fingerprint density at radius 1 is 1.31 bits per heavy atom. The highest BCUT2D eigenvalue weighted by molar-refractivity contribution is 7.91. The van der Waals surface area contributed by atoms with E-state index in [0.717, 1.165) is 39.3 Å². The second kappa shape index (κ2) is 11.7. The van der Waals surface area contributed by atoms with Gasteiger partial charge in [-0.2, -0.15) is 0 Å². The van der Waals surface area contributed by atoms with Crippen LogP contribution in [0.4, 0.5) is 0 Å². The molecule has 2 N–H and O–H groups in total. The van der Waals surface area contributed by atoms with E-state index in [9.17, 15) is 13.2 Å². The van der Waals surface area contributed by atoms with Crippen LogP contribution in [-0.4, -0.2) is 65.2 Å². The smallest absolute Gasteiger partial charge is 0.250 e. The molecular formula is C23H37N3O4S2. The van der Waals surface area contributed by atoms with E-state index in [1.165, 1.54) is 16.9 Å². The van der Waals surface area contributed by atoms with Crippen LogP contribution in [0.5, 0.6) is 0 Å². The van der Waals surface area contributed by atoms with Crippen molar-refractivity contribution in [3.8, 4) is 0 Å². The highest BCUT2D eigenvalue weighted by Crippen LogP contribution is 2.38. The summed E-state index contributed by atoms with van der Waals surface area (Å²) in [5.74, 6) is 1.16. The van der Waals surface area contributed by atoms with Crippen LogP contribution in [0.15, 0.2) is 33.4 Å². The summed E-state index contributed by atoms with van der Waals surface area (Å²) < 4.78 is 33.6. The van der Waals surface area contributed by atoms with Gasteiger partial charge < -0.3 is 10.1 Å². The number of sulfonamides is 1. The molecule has 3 atom stereocenters. The Labute approximate surface area is 196 Å². The SMILES string of the molecule is CC1=CC(CNS(=O)(=O)c2cccs2)C(C(C)C)CC1CC(=O)NCCN1CCOCC1. The highest BCUT2D eigenvalue weighted by Gasteiger charge is 2.33. The van der Waals surface area contributed by atoms with Crippen LogP contribution in [-0.2, 0) is 19.6 Å². The molecule has 1 fully saturated rings. The summed E-state index contributed by atoms with van der Waals surface area (Å²) in [4.78, 5) is 14.9. The molecule has 0 bridgehead atoms. The molecule has 0 aromatic carbocycles. The molecule has 3 rings (SSSR count). The van der Waals surface area contributed by atoms with Crippen LogP contribution in [0.1, 0.15) is 33.6 Å². The Hall–Kier alpha value is -1.26. The molecule has 0 saturated carbocycles. The van der Waals surface area contributed by atoms with Crippen LogP contribution in [0.2, 0.25) is 0 Å². The molecule has 7 nitrogen and oxygen atoms in total. The zero-order valence-corrected chi connectivity index (χ0v) is 21.0. The summed E-state index contributed by atoms with van der Waals surface area (Å²) in [6, 6.07) is 3.37. The number of carbonyl (C=O) groups excluding carboxylic acids is 1. The van der Waals surface area contributed by atoms with E-state index < -0.39 is 10.0 Å². The van der Waals surface area contributed by atoms with Crippen molar-refractivity contribution in [2.24, 2.45) is 23.7 Å². The van der Waals surface area contributed by atoms with Crippen LogP contribution in [0.25, 0.3) is 0 Å². The first-order chi connectivity index (χ1) is 15.3. The normalized spacial score (nSPS) is 25.0. The lowest BCUT2D eigenvalue weighted by Gasteiger charge is -2.37. The minimum Gasteiger partial charge on any atom is -0.379 e. The lowest BCUT2D eigenvalue weighted by Crippen LogP contribution is -2.42. The molecule has 180 valence electrons. The molecule has 9 heteroatoms. The Morgan fingerprint density at radius 2 is 2.06 bits per heavy atom. The van der Waals surface area contributed by atoms with E-state index in [2.05, 4.69) is 41.8 Å². The maximum atomic E-state index is 12.6. The number of ether oxygens (including phenoxy) is 1. The van der Waals surface area contributed by atoms with Crippen LogP contribution in [0.3, 0.4) is 0 Å². The summed E-state index contributed by atoms with van der Waals surface area (Å²) in [5.41, 5.74) is 1.19. The van der Waals surface area contributed by atoms with E-state index in [0.29, 0.717) is 35.6 Å². The minimum atomic E-state index is -3.47. The zero-order chi connectivity index (χ0) is 23.1. The van der Waals surface area contributed by atoms with Crippen LogP contribution < -0.4 is 10.0 Å². The quantitative estimate of drug-likeness (QED) is 0.500. The summed E-state index contributed by atoms with van der Waals surface area (Å²) in [7, 11) is -3.47. The van der Waals surface area contributed by atoms with Crippen molar-refractivity contribution in [1.82, 2.24) is 14.9 Å². The average molecular weight is 484 g/mol. The van der Waals surface area contributed by atoms with Gasteiger partial charge in [0.1, 0.15) is 4.21 Å². The third-order valence-electron chi connectivity index (χ3n) is 6.64. The van der Waals surface area contributed by atoms with Crippen molar-refractivity contribution >= 4 is 27.3 Å². The molecule has 1 aromatic heterocycles. The summed E-state index contributed by atoms with van der Waals surface area (Å²) in [6.07, 6.45) is 3.58. The highest BCUT2D eigenvalue weighted by atomic mass is 32.2. The molecule has 0 radical (unpaired) electrons. The molecule has 1 aliphatic carbocycles. The number of amides is 1. The Bertz CT molecular complexity index is 862. The van der Waals surface area contributed by atoms with Gasteiger partial charge >= 0.3 is 0 Å². The van der Waals surface area contributed by atoms with E-state index in [4.69, 9.17) is 4.74 Å². The summed E-state index contributed by atoms with van der Waals surface area (Å²) >= 11 is 1.23. The Morgan fingerprint density at radius 3 is 2.72 bits per heavy atom. The fourth-order valence-electron chi connectivity index (χ4n) is 4.68.